The van der Waals surface area contributed by atoms with Crippen LogP contribution in [0, 0.1) is 0 Å². The molecule has 8 heteroatoms. The van der Waals surface area contributed by atoms with Crippen LogP contribution in [0.25, 0.3) is 10.9 Å². The van der Waals surface area contributed by atoms with Gasteiger partial charge >= 0.3 is 6.18 Å². The van der Waals surface area contributed by atoms with Gasteiger partial charge in [0.25, 0.3) is 0 Å². The Morgan fingerprint density at radius 2 is 1.89 bits per heavy atom. The van der Waals surface area contributed by atoms with E-state index in [1.807, 2.05) is 0 Å². The first-order chi connectivity index (χ1) is 8.82. The summed E-state index contributed by atoms with van der Waals surface area (Å²) in [6.07, 6.45) is -4.58. The summed E-state index contributed by atoms with van der Waals surface area (Å²) in [6, 6.07) is 3.32. The predicted molar refractivity (Wildman–Crippen MR) is 74.1 cm³/mol. The fraction of sp³-hybridized carbons (Fsp3) is 0.273. The molecule has 0 radical (unpaired) electrons. The second-order valence-corrected chi connectivity index (χ2v) is 5.48. The van der Waals surface area contributed by atoms with Gasteiger partial charge in [-0.1, -0.05) is 15.9 Å². The number of benzene rings is 1. The van der Waals surface area contributed by atoms with Crippen LogP contribution in [0.1, 0.15) is 12.7 Å². The third kappa shape index (κ3) is 3.00. The van der Waals surface area contributed by atoms with Gasteiger partial charge in [-0.2, -0.15) is 13.2 Å². The molecular formula is C11H8Br2F3N3. The van der Waals surface area contributed by atoms with Crippen LogP contribution in [-0.4, -0.2) is 16.5 Å². The molecule has 3 nitrogen and oxygen atoms in total. The van der Waals surface area contributed by atoms with Crippen LogP contribution in [0.4, 0.5) is 19.0 Å². The molecule has 0 aliphatic rings. The molecule has 0 bridgehead atoms. The number of aromatic nitrogens is 2. The van der Waals surface area contributed by atoms with Crippen LogP contribution in [0.3, 0.4) is 0 Å². The average Bonchev–Trinajstić information content (AvgIpc) is 2.28. The van der Waals surface area contributed by atoms with Gasteiger partial charge in [-0.05, 0) is 35.0 Å². The molecule has 1 aromatic heterocycles. The van der Waals surface area contributed by atoms with Crippen LogP contribution >= 0.6 is 31.9 Å². The fourth-order valence-electron chi connectivity index (χ4n) is 1.59. The highest BCUT2D eigenvalue weighted by molar-refractivity contribution is 9.11. The number of halogens is 5. The first-order valence-electron chi connectivity index (χ1n) is 5.30. The van der Waals surface area contributed by atoms with Crippen molar-refractivity contribution < 1.29 is 13.2 Å². The van der Waals surface area contributed by atoms with Crippen molar-refractivity contribution in [2.75, 3.05) is 11.9 Å². The summed E-state index contributed by atoms with van der Waals surface area (Å²) in [4.78, 5) is 7.14. The molecule has 0 unspecified atom stereocenters. The smallest absolute Gasteiger partial charge is 0.370 e. The molecule has 2 rings (SSSR count). The second kappa shape index (κ2) is 5.24. The highest BCUT2D eigenvalue weighted by atomic mass is 79.9. The highest BCUT2D eigenvalue weighted by Gasteiger charge is 2.35. The van der Waals surface area contributed by atoms with E-state index >= 15 is 0 Å². The summed E-state index contributed by atoms with van der Waals surface area (Å²) in [6.45, 7) is 2.25. The molecule has 2 aromatic rings. The number of fused-ring (bicyclic) bond motifs is 1. The normalized spacial score (nSPS) is 11.9. The maximum absolute atomic E-state index is 12.8. The number of nitrogens with zero attached hydrogens (tertiary/aromatic N) is 2. The first-order valence-corrected chi connectivity index (χ1v) is 6.89. The monoisotopic (exact) mass is 397 g/mol. The van der Waals surface area contributed by atoms with Crippen molar-refractivity contribution >= 4 is 48.6 Å². The topological polar surface area (TPSA) is 37.8 Å². The molecule has 0 fully saturated rings. The summed E-state index contributed by atoms with van der Waals surface area (Å²) < 4.78 is 39.5. The van der Waals surface area contributed by atoms with E-state index in [2.05, 4.69) is 47.1 Å². The van der Waals surface area contributed by atoms with E-state index in [0.717, 1.165) is 4.47 Å². The molecule has 0 spiro atoms. The maximum atomic E-state index is 12.8. The van der Waals surface area contributed by atoms with E-state index in [1.165, 1.54) is 0 Å². The standard InChI is InChI=1S/C11H8Br2F3N3/c1-2-17-9-6-3-5(12)4-7(13)8(6)18-10(19-9)11(14,15)16/h3-4H,2H2,1H3,(H,17,18,19). The van der Waals surface area contributed by atoms with E-state index in [9.17, 15) is 13.2 Å². The first kappa shape index (κ1) is 14.5. The lowest BCUT2D eigenvalue weighted by atomic mass is 10.2. The summed E-state index contributed by atoms with van der Waals surface area (Å²) in [5.41, 5.74) is 0.224. The third-order valence-corrected chi connectivity index (χ3v) is 3.38. The number of nitrogens with one attached hydrogen (secondary N) is 1. The summed E-state index contributed by atoms with van der Waals surface area (Å²) >= 11 is 6.51. The van der Waals surface area contributed by atoms with Crippen LogP contribution in [0.15, 0.2) is 21.1 Å². The molecular weight excluding hydrogens is 391 g/mol. The van der Waals surface area contributed by atoms with Crippen molar-refractivity contribution in [3.05, 3.63) is 26.9 Å². The molecule has 0 amide bonds. The second-order valence-electron chi connectivity index (χ2n) is 3.71. The van der Waals surface area contributed by atoms with Gasteiger partial charge in [0, 0.05) is 20.9 Å². The predicted octanol–water partition coefficient (Wildman–Crippen LogP) is 4.61. The van der Waals surface area contributed by atoms with Gasteiger partial charge < -0.3 is 5.32 Å². The van der Waals surface area contributed by atoms with E-state index in [0.29, 0.717) is 16.4 Å². The molecule has 1 aromatic carbocycles. The molecule has 19 heavy (non-hydrogen) atoms. The van der Waals surface area contributed by atoms with Gasteiger partial charge in [-0.3, -0.25) is 0 Å². The SMILES string of the molecule is CCNc1nc(C(F)(F)F)nc2c(Br)cc(Br)cc12. The van der Waals surface area contributed by atoms with Crippen LogP contribution < -0.4 is 5.32 Å². The average molecular weight is 399 g/mol. The quantitative estimate of drug-likeness (QED) is 0.802. The largest absolute Gasteiger partial charge is 0.451 e. The zero-order valence-corrected chi connectivity index (χ0v) is 12.8. The Labute approximate surface area is 123 Å². The highest BCUT2D eigenvalue weighted by Crippen LogP contribution is 2.34. The Morgan fingerprint density at radius 3 is 2.47 bits per heavy atom. The maximum Gasteiger partial charge on any atom is 0.451 e. The van der Waals surface area contributed by atoms with Crippen molar-refractivity contribution in [2.24, 2.45) is 0 Å². The third-order valence-electron chi connectivity index (χ3n) is 2.32. The van der Waals surface area contributed by atoms with E-state index < -0.39 is 12.0 Å². The molecule has 0 saturated heterocycles. The van der Waals surface area contributed by atoms with Crippen LogP contribution in [0.5, 0.6) is 0 Å². The van der Waals surface area contributed by atoms with Crippen molar-refractivity contribution in [2.45, 2.75) is 13.1 Å². The van der Waals surface area contributed by atoms with Gasteiger partial charge in [0.15, 0.2) is 0 Å². The summed E-state index contributed by atoms with van der Waals surface area (Å²) in [5.74, 6) is -0.985. The Kier molecular flexibility index (Phi) is 4.00. The van der Waals surface area contributed by atoms with Crippen molar-refractivity contribution in [1.82, 2.24) is 9.97 Å². The Balaban J connectivity index is 2.79. The number of alkyl halides is 3. The fourth-order valence-corrected chi connectivity index (χ4v) is 2.90. The molecule has 0 aliphatic heterocycles. The van der Waals surface area contributed by atoms with E-state index in [-0.39, 0.29) is 11.3 Å². The zero-order chi connectivity index (χ0) is 14.2. The van der Waals surface area contributed by atoms with E-state index in [4.69, 9.17) is 0 Å². The number of hydrogen-bond acceptors (Lipinski definition) is 3. The molecule has 1 heterocycles. The summed E-state index contributed by atoms with van der Waals surface area (Å²) in [7, 11) is 0. The molecule has 102 valence electrons. The zero-order valence-electron chi connectivity index (χ0n) is 9.65. The Morgan fingerprint density at radius 1 is 1.21 bits per heavy atom. The lowest BCUT2D eigenvalue weighted by Gasteiger charge is -2.12. The van der Waals surface area contributed by atoms with Gasteiger partial charge in [0.2, 0.25) is 5.82 Å². The number of anilines is 1. The van der Waals surface area contributed by atoms with Gasteiger partial charge in [0.05, 0.1) is 5.52 Å². The van der Waals surface area contributed by atoms with E-state index in [1.54, 1.807) is 19.1 Å². The van der Waals surface area contributed by atoms with Gasteiger partial charge in [-0.25, -0.2) is 9.97 Å². The van der Waals surface area contributed by atoms with Crippen molar-refractivity contribution in [3.63, 3.8) is 0 Å². The van der Waals surface area contributed by atoms with Gasteiger partial charge in [-0.15, -0.1) is 0 Å². The number of rotatable bonds is 2. The molecule has 0 saturated carbocycles. The number of hydrogen-bond donors (Lipinski definition) is 1. The summed E-state index contributed by atoms with van der Waals surface area (Å²) in [5, 5.41) is 3.35. The molecule has 0 aliphatic carbocycles. The lowest BCUT2D eigenvalue weighted by molar-refractivity contribution is -0.144. The van der Waals surface area contributed by atoms with Crippen LogP contribution in [-0.2, 0) is 6.18 Å². The van der Waals surface area contributed by atoms with Crippen molar-refractivity contribution in [1.29, 1.82) is 0 Å². The molecule has 1 N–H and O–H groups in total. The minimum absolute atomic E-state index is 0.168. The lowest BCUT2D eigenvalue weighted by Crippen LogP contribution is -2.13. The van der Waals surface area contributed by atoms with Crippen LogP contribution in [0.2, 0.25) is 0 Å². The minimum Gasteiger partial charge on any atom is -0.370 e. The molecule has 0 atom stereocenters. The Hall–Kier alpha value is -0.890. The van der Waals surface area contributed by atoms with Gasteiger partial charge in [0.1, 0.15) is 5.82 Å². The Bertz CT molecular complexity index is 629. The van der Waals surface area contributed by atoms with Crippen molar-refractivity contribution in [3.8, 4) is 0 Å². The minimum atomic E-state index is -4.58.